The molecule has 1 atom stereocenters. The molecular formula is C24H30N2O4. The summed E-state index contributed by atoms with van der Waals surface area (Å²) in [5.41, 5.74) is 2.36. The lowest BCUT2D eigenvalue weighted by atomic mass is 10.1. The summed E-state index contributed by atoms with van der Waals surface area (Å²) in [4.78, 5) is 26.6. The number of benzene rings is 2. The van der Waals surface area contributed by atoms with Crippen LogP contribution in [0.1, 0.15) is 44.6 Å². The van der Waals surface area contributed by atoms with E-state index in [-0.39, 0.29) is 24.8 Å². The first kappa shape index (κ1) is 21.8. The second kappa shape index (κ2) is 10.8. The summed E-state index contributed by atoms with van der Waals surface area (Å²) in [5.74, 6) is 0.266. The van der Waals surface area contributed by atoms with E-state index in [4.69, 9.17) is 9.84 Å². The number of rotatable bonds is 11. The summed E-state index contributed by atoms with van der Waals surface area (Å²) in [5, 5.41) is 12.1. The molecule has 2 aromatic carbocycles. The van der Waals surface area contributed by atoms with Crippen molar-refractivity contribution in [3.8, 4) is 5.75 Å². The third kappa shape index (κ3) is 5.60. The molecule has 0 bridgehead atoms. The molecule has 1 fully saturated rings. The number of anilines is 2. The van der Waals surface area contributed by atoms with E-state index in [1.54, 1.807) is 24.3 Å². The van der Waals surface area contributed by atoms with Gasteiger partial charge in [-0.1, -0.05) is 38.3 Å². The van der Waals surface area contributed by atoms with Crippen LogP contribution in [0.3, 0.4) is 0 Å². The van der Waals surface area contributed by atoms with Crippen molar-refractivity contribution in [1.29, 1.82) is 0 Å². The van der Waals surface area contributed by atoms with E-state index in [2.05, 4.69) is 12.2 Å². The molecule has 0 unspecified atom stereocenters. The molecule has 1 heterocycles. The maximum absolute atomic E-state index is 12.8. The third-order valence-electron chi connectivity index (χ3n) is 5.20. The standard InChI is InChI=1S/C24H30N2O4/c1-2-3-4-5-16-30-21-12-10-20(11-13-21)26-23(28)17-22(24(26)29)25-19-8-6-18(7-9-19)14-15-27/h6-13,22,25,27H,2-5,14-17H2,1H3/t22-/m0/s1. The number of nitrogens with one attached hydrogen (secondary N) is 1. The van der Waals surface area contributed by atoms with Gasteiger partial charge >= 0.3 is 0 Å². The fraction of sp³-hybridized carbons (Fsp3) is 0.417. The van der Waals surface area contributed by atoms with Gasteiger partial charge in [-0.3, -0.25) is 9.59 Å². The SMILES string of the molecule is CCCCCCOc1ccc(N2C(=O)C[C@H](Nc3ccc(CCO)cc3)C2=O)cc1. The number of aliphatic hydroxyl groups excluding tert-OH is 1. The van der Waals surface area contributed by atoms with E-state index >= 15 is 0 Å². The number of carbonyl (C=O) groups excluding carboxylic acids is 2. The van der Waals surface area contributed by atoms with Crippen LogP contribution in [-0.4, -0.2) is 36.2 Å². The summed E-state index contributed by atoms with van der Waals surface area (Å²) < 4.78 is 5.73. The van der Waals surface area contributed by atoms with Gasteiger partial charge < -0.3 is 15.2 Å². The van der Waals surface area contributed by atoms with Crippen molar-refractivity contribution in [2.45, 2.75) is 51.5 Å². The van der Waals surface area contributed by atoms with Crippen molar-refractivity contribution in [3.05, 3.63) is 54.1 Å². The Bertz CT molecular complexity index is 833. The molecule has 2 amide bonds. The van der Waals surface area contributed by atoms with E-state index < -0.39 is 6.04 Å². The molecule has 0 radical (unpaired) electrons. The normalized spacial score (nSPS) is 16.2. The van der Waals surface area contributed by atoms with E-state index in [1.165, 1.54) is 17.7 Å². The van der Waals surface area contributed by atoms with Gasteiger partial charge in [0.15, 0.2) is 0 Å². The fourth-order valence-corrected chi connectivity index (χ4v) is 3.52. The second-order valence-electron chi connectivity index (χ2n) is 7.54. The maximum Gasteiger partial charge on any atom is 0.256 e. The zero-order chi connectivity index (χ0) is 21.3. The predicted molar refractivity (Wildman–Crippen MR) is 118 cm³/mol. The molecule has 3 rings (SSSR count). The smallest absolute Gasteiger partial charge is 0.256 e. The molecule has 0 aromatic heterocycles. The Balaban J connectivity index is 1.57. The number of hydrogen-bond donors (Lipinski definition) is 2. The quantitative estimate of drug-likeness (QED) is 0.434. The topological polar surface area (TPSA) is 78.9 Å². The van der Waals surface area contributed by atoms with Gasteiger partial charge in [-0.2, -0.15) is 0 Å². The number of amides is 2. The van der Waals surface area contributed by atoms with Crippen LogP contribution in [0.25, 0.3) is 0 Å². The Morgan fingerprint density at radius 3 is 2.43 bits per heavy atom. The van der Waals surface area contributed by atoms with Crippen molar-refractivity contribution < 1.29 is 19.4 Å². The molecule has 2 N–H and O–H groups in total. The van der Waals surface area contributed by atoms with E-state index in [0.29, 0.717) is 18.7 Å². The Morgan fingerprint density at radius 2 is 1.77 bits per heavy atom. The van der Waals surface area contributed by atoms with Gasteiger partial charge in [-0.15, -0.1) is 0 Å². The second-order valence-corrected chi connectivity index (χ2v) is 7.54. The Hall–Kier alpha value is -2.86. The number of imide groups is 1. The Labute approximate surface area is 177 Å². The highest BCUT2D eigenvalue weighted by molar-refractivity contribution is 6.23. The first-order valence-electron chi connectivity index (χ1n) is 10.7. The summed E-state index contributed by atoms with van der Waals surface area (Å²) in [6, 6.07) is 14.0. The summed E-state index contributed by atoms with van der Waals surface area (Å²) in [6.07, 6.45) is 5.29. The highest BCUT2D eigenvalue weighted by Crippen LogP contribution is 2.27. The van der Waals surface area contributed by atoms with Crippen LogP contribution in [0.2, 0.25) is 0 Å². The van der Waals surface area contributed by atoms with Crippen LogP contribution in [-0.2, 0) is 16.0 Å². The van der Waals surface area contributed by atoms with Crippen LogP contribution >= 0.6 is 0 Å². The van der Waals surface area contributed by atoms with Gasteiger partial charge in [0.25, 0.3) is 5.91 Å². The molecule has 1 saturated heterocycles. The molecule has 160 valence electrons. The van der Waals surface area contributed by atoms with Gasteiger partial charge in [0.05, 0.1) is 18.7 Å². The lowest BCUT2D eigenvalue weighted by molar-refractivity contribution is -0.121. The number of unbranched alkanes of at least 4 members (excludes halogenated alkanes) is 3. The molecule has 6 heteroatoms. The molecule has 0 saturated carbocycles. The van der Waals surface area contributed by atoms with Gasteiger partial charge in [-0.25, -0.2) is 4.90 Å². The van der Waals surface area contributed by atoms with Crippen molar-refractivity contribution in [3.63, 3.8) is 0 Å². The number of carbonyl (C=O) groups is 2. The monoisotopic (exact) mass is 410 g/mol. The molecule has 0 aliphatic carbocycles. The predicted octanol–water partition coefficient (Wildman–Crippen LogP) is 3.92. The molecule has 6 nitrogen and oxygen atoms in total. The molecule has 2 aromatic rings. The minimum Gasteiger partial charge on any atom is -0.494 e. The van der Waals surface area contributed by atoms with Crippen molar-refractivity contribution in [2.24, 2.45) is 0 Å². The largest absolute Gasteiger partial charge is 0.494 e. The van der Waals surface area contributed by atoms with Crippen LogP contribution in [0.4, 0.5) is 11.4 Å². The van der Waals surface area contributed by atoms with Crippen LogP contribution < -0.4 is 15.0 Å². The van der Waals surface area contributed by atoms with Crippen molar-refractivity contribution >= 4 is 23.2 Å². The summed E-state index contributed by atoms with van der Waals surface area (Å²) in [6.45, 7) is 2.94. The summed E-state index contributed by atoms with van der Waals surface area (Å²) in [7, 11) is 0. The Morgan fingerprint density at radius 1 is 1.03 bits per heavy atom. The molecular weight excluding hydrogens is 380 g/mol. The number of nitrogens with zero attached hydrogens (tertiary/aromatic N) is 1. The van der Waals surface area contributed by atoms with E-state index in [1.807, 2.05) is 24.3 Å². The fourth-order valence-electron chi connectivity index (χ4n) is 3.52. The van der Waals surface area contributed by atoms with Gasteiger partial charge in [-0.05, 0) is 54.8 Å². The number of ether oxygens (including phenoxy) is 1. The molecule has 30 heavy (non-hydrogen) atoms. The lowest BCUT2D eigenvalue weighted by Gasteiger charge is -2.17. The van der Waals surface area contributed by atoms with Crippen LogP contribution in [0.15, 0.2) is 48.5 Å². The van der Waals surface area contributed by atoms with E-state index in [9.17, 15) is 9.59 Å². The molecule has 0 spiro atoms. The van der Waals surface area contributed by atoms with Gasteiger partial charge in [0.2, 0.25) is 5.91 Å². The highest BCUT2D eigenvalue weighted by atomic mass is 16.5. The van der Waals surface area contributed by atoms with Crippen molar-refractivity contribution in [2.75, 3.05) is 23.4 Å². The average molecular weight is 411 g/mol. The van der Waals surface area contributed by atoms with Gasteiger partial charge in [0.1, 0.15) is 11.8 Å². The molecule has 1 aliphatic rings. The minimum atomic E-state index is -0.587. The summed E-state index contributed by atoms with van der Waals surface area (Å²) >= 11 is 0. The minimum absolute atomic E-state index is 0.0973. The molecule has 1 aliphatic heterocycles. The van der Waals surface area contributed by atoms with Gasteiger partial charge in [0, 0.05) is 12.3 Å². The van der Waals surface area contributed by atoms with Crippen LogP contribution in [0, 0.1) is 0 Å². The average Bonchev–Trinajstić information content (AvgIpc) is 3.03. The third-order valence-corrected chi connectivity index (χ3v) is 5.20. The highest BCUT2D eigenvalue weighted by Gasteiger charge is 2.39. The number of hydrogen-bond acceptors (Lipinski definition) is 5. The van der Waals surface area contributed by atoms with E-state index in [0.717, 1.165) is 29.8 Å². The zero-order valence-corrected chi connectivity index (χ0v) is 17.5. The lowest BCUT2D eigenvalue weighted by Crippen LogP contribution is -2.34. The maximum atomic E-state index is 12.8. The van der Waals surface area contributed by atoms with Crippen LogP contribution in [0.5, 0.6) is 5.75 Å². The zero-order valence-electron chi connectivity index (χ0n) is 17.5. The number of aliphatic hydroxyl groups is 1. The first-order valence-corrected chi connectivity index (χ1v) is 10.7. The first-order chi connectivity index (χ1) is 14.6. The Kier molecular flexibility index (Phi) is 7.85. The van der Waals surface area contributed by atoms with Crippen molar-refractivity contribution in [1.82, 2.24) is 0 Å².